The molecular weight excluding hydrogens is 320 g/mol. The number of hydrogen-bond donors (Lipinski definition) is 0. The van der Waals surface area contributed by atoms with Gasteiger partial charge in [-0.3, -0.25) is 0 Å². The molecule has 0 saturated heterocycles. The van der Waals surface area contributed by atoms with E-state index in [9.17, 15) is 0 Å². The predicted octanol–water partition coefficient (Wildman–Crippen LogP) is 6.01. The third-order valence-corrected chi connectivity index (χ3v) is 4.59. The summed E-state index contributed by atoms with van der Waals surface area (Å²) in [7, 11) is 0. The summed E-state index contributed by atoms with van der Waals surface area (Å²) in [5, 5.41) is -0.116. The average molecular weight is 338 g/mol. The Kier molecular flexibility index (Phi) is 4.37. The van der Waals surface area contributed by atoms with Crippen molar-refractivity contribution >= 4 is 27.5 Å². The number of aryl methyl sites for hydroxylation is 4. The summed E-state index contributed by atoms with van der Waals surface area (Å²) >= 11 is 10.3. The van der Waals surface area contributed by atoms with Crippen molar-refractivity contribution in [1.82, 2.24) is 0 Å². The van der Waals surface area contributed by atoms with E-state index in [0.717, 1.165) is 10.0 Å². The van der Waals surface area contributed by atoms with Crippen molar-refractivity contribution in [3.63, 3.8) is 0 Å². The molecule has 2 aromatic rings. The smallest absolute Gasteiger partial charge is 0.0851 e. The zero-order chi connectivity index (χ0) is 14.2. The molecule has 0 amide bonds. The molecular formula is C17H18BrCl. The zero-order valence-corrected chi connectivity index (χ0v) is 14.1. The van der Waals surface area contributed by atoms with Crippen LogP contribution in [0.3, 0.4) is 0 Å². The van der Waals surface area contributed by atoms with Crippen LogP contribution in [-0.4, -0.2) is 0 Å². The highest BCUT2D eigenvalue weighted by Gasteiger charge is 2.18. The molecule has 0 heterocycles. The summed E-state index contributed by atoms with van der Waals surface area (Å²) in [5.74, 6) is 0. The van der Waals surface area contributed by atoms with E-state index in [4.69, 9.17) is 11.6 Å². The highest BCUT2D eigenvalue weighted by molar-refractivity contribution is 9.10. The van der Waals surface area contributed by atoms with E-state index in [0.29, 0.717) is 0 Å². The van der Waals surface area contributed by atoms with Crippen molar-refractivity contribution in [3.8, 4) is 0 Å². The molecule has 2 heteroatoms. The van der Waals surface area contributed by atoms with Crippen molar-refractivity contribution in [3.05, 3.63) is 68.2 Å². The zero-order valence-electron chi connectivity index (χ0n) is 11.7. The molecule has 0 bridgehead atoms. The number of benzene rings is 2. The number of alkyl halides is 1. The lowest BCUT2D eigenvalue weighted by Crippen LogP contribution is -2.01. The molecule has 0 aliphatic rings. The van der Waals surface area contributed by atoms with Crippen molar-refractivity contribution in [2.45, 2.75) is 33.1 Å². The third-order valence-electron chi connectivity index (χ3n) is 3.42. The van der Waals surface area contributed by atoms with Gasteiger partial charge in [-0.25, -0.2) is 0 Å². The van der Waals surface area contributed by atoms with Gasteiger partial charge in [0.25, 0.3) is 0 Å². The Morgan fingerprint density at radius 1 is 0.895 bits per heavy atom. The first kappa shape index (κ1) is 14.6. The van der Waals surface area contributed by atoms with Crippen LogP contribution >= 0.6 is 27.5 Å². The lowest BCUT2D eigenvalue weighted by molar-refractivity contribution is 1.06. The van der Waals surface area contributed by atoms with Gasteiger partial charge in [-0.15, -0.1) is 11.6 Å². The molecule has 0 spiro atoms. The van der Waals surface area contributed by atoms with Crippen LogP contribution < -0.4 is 0 Å². The molecule has 1 atom stereocenters. The van der Waals surface area contributed by atoms with Gasteiger partial charge in [0, 0.05) is 4.47 Å². The summed E-state index contributed by atoms with van der Waals surface area (Å²) in [4.78, 5) is 0. The van der Waals surface area contributed by atoms with Crippen LogP contribution in [0.15, 0.2) is 34.8 Å². The molecule has 19 heavy (non-hydrogen) atoms. The van der Waals surface area contributed by atoms with E-state index in [-0.39, 0.29) is 5.38 Å². The van der Waals surface area contributed by atoms with Crippen molar-refractivity contribution in [1.29, 1.82) is 0 Å². The highest BCUT2D eigenvalue weighted by Crippen LogP contribution is 2.37. The SMILES string of the molecule is Cc1cc(C)c(C(Cl)c2cc(C)ccc2Br)c(C)c1. The molecule has 2 aromatic carbocycles. The summed E-state index contributed by atoms with van der Waals surface area (Å²) in [6.45, 7) is 8.48. The van der Waals surface area contributed by atoms with Gasteiger partial charge in [0.2, 0.25) is 0 Å². The maximum absolute atomic E-state index is 6.74. The average Bonchev–Trinajstić information content (AvgIpc) is 2.30. The van der Waals surface area contributed by atoms with E-state index < -0.39 is 0 Å². The highest BCUT2D eigenvalue weighted by atomic mass is 79.9. The fourth-order valence-electron chi connectivity index (χ4n) is 2.60. The molecule has 0 fully saturated rings. The maximum Gasteiger partial charge on any atom is 0.0851 e. The summed E-state index contributed by atoms with van der Waals surface area (Å²) in [6, 6.07) is 10.7. The summed E-state index contributed by atoms with van der Waals surface area (Å²) in [6.07, 6.45) is 0. The van der Waals surface area contributed by atoms with Crippen LogP contribution in [-0.2, 0) is 0 Å². The van der Waals surface area contributed by atoms with Crippen LogP contribution in [0.5, 0.6) is 0 Å². The van der Waals surface area contributed by atoms with Crippen molar-refractivity contribution in [2.75, 3.05) is 0 Å². The van der Waals surface area contributed by atoms with Gasteiger partial charge >= 0.3 is 0 Å². The Hall–Kier alpha value is -0.790. The Morgan fingerprint density at radius 2 is 1.47 bits per heavy atom. The Labute approximate surface area is 128 Å². The topological polar surface area (TPSA) is 0 Å². The van der Waals surface area contributed by atoms with Crippen LogP contribution in [0.4, 0.5) is 0 Å². The van der Waals surface area contributed by atoms with E-state index in [1.165, 1.54) is 27.8 Å². The lowest BCUT2D eigenvalue weighted by Gasteiger charge is -2.19. The predicted molar refractivity (Wildman–Crippen MR) is 87.2 cm³/mol. The van der Waals surface area contributed by atoms with Gasteiger partial charge in [0.15, 0.2) is 0 Å². The fraction of sp³-hybridized carbons (Fsp3) is 0.294. The fourth-order valence-corrected chi connectivity index (χ4v) is 3.74. The second-order valence-corrected chi connectivity index (χ2v) is 6.49. The molecule has 0 saturated carbocycles. The molecule has 0 radical (unpaired) electrons. The van der Waals surface area contributed by atoms with Crippen LogP contribution in [0.1, 0.15) is 38.8 Å². The molecule has 100 valence electrons. The molecule has 1 unspecified atom stereocenters. The minimum Gasteiger partial charge on any atom is -0.113 e. The van der Waals surface area contributed by atoms with E-state index in [1.807, 2.05) is 0 Å². The van der Waals surface area contributed by atoms with Gasteiger partial charge < -0.3 is 0 Å². The second-order valence-electron chi connectivity index (χ2n) is 5.20. The lowest BCUT2D eigenvalue weighted by atomic mass is 9.93. The molecule has 0 N–H and O–H groups in total. The molecule has 2 rings (SSSR count). The third kappa shape index (κ3) is 3.04. The summed E-state index contributed by atoms with van der Waals surface area (Å²) < 4.78 is 1.07. The quantitative estimate of drug-likeness (QED) is 0.589. The molecule has 0 aliphatic carbocycles. The van der Waals surface area contributed by atoms with Gasteiger partial charge in [-0.2, -0.15) is 0 Å². The Balaban J connectivity index is 2.56. The molecule has 0 aliphatic heterocycles. The standard InChI is InChI=1S/C17H18BrCl/c1-10-5-6-15(18)14(9-10)17(19)16-12(3)7-11(2)8-13(16)4/h5-9,17H,1-4H3. The first-order valence-corrected chi connectivity index (χ1v) is 7.61. The van der Waals surface area contributed by atoms with E-state index >= 15 is 0 Å². The minimum atomic E-state index is -0.116. The van der Waals surface area contributed by atoms with Crippen molar-refractivity contribution < 1.29 is 0 Å². The monoisotopic (exact) mass is 336 g/mol. The normalized spacial score (nSPS) is 12.5. The van der Waals surface area contributed by atoms with Gasteiger partial charge in [0.1, 0.15) is 0 Å². The van der Waals surface area contributed by atoms with Crippen LogP contribution in [0, 0.1) is 27.7 Å². The van der Waals surface area contributed by atoms with Crippen LogP contribution in [0.25, 0.3) is 0 Å². The van der Waals surface area contributed by atoms with E-state index in [1.54, 1.807) is 0 Å². The van der Waals surface area contributed by atoms with Gasteiger partial charge in [-0.05, 0) is 56.0 Å². The van der Waals surface area contributed by atoms with Crippen molar-refractivity contribution in [2.24, 2.45) is 0 Å². The minimum absolute atomic E-state index is 0.116. The number of hydrogen-bond acceptors (Lipinski definition) is 0. The number of halogens is 2. The Morgan fingerprint density at radius 3 is 2.05 bits per heavy atom. The first-order chi connectivity index (χ1) is 8.90. The van der Waals surface area contributed by atoms with E-state index in [2.05, 4.69) is 74.0 Å². The molecule has 0 aromatic heterocycles. The maximum atomic E-state index is 6.74. The Bertz CT molecular complexity index is 594. The van der Waals surface area contributed by atoms with Crippen LogP contribution in [0.2, 0.25) is 0 Å². The second kappa shape index (κ2) is 5.68. The number of rotatable bonds is 2. The molecule has 0 nitrogen and oxygen atoms in total. The van der Waals surface area contributed by atoms with Gasteiger partial charge in [0.05, 0.1) is 5.38 Å². The van der Waals surface area contributed by atoms with Gasteiger partial charge in [-0.1, -0.05) is 51.3 Å². The largest absolute Gasteiger partial charge is 0.113 e. The summed E-state index contributed by atoms with van der Waals surface area (Å²) in [5.41, 5.74) is 7.38. The first-order valence-electron chi connectivity index (χ1n) is 6.38.